The van der Waals surface area contributed by atoms with Gasteiger partial charge in [0.25, 0.3) is 11.5 Å². The number of alkyl halides is 2. The molecule has 1 atom stereocenters. The minimum Gasteiger partial charge on any atom is -0.382 e. The van der Waals surface area contributed by atoms with Gasteiger partial charge in [-0.05, 0) is 25.1 Å². The van der Waals surface area contributed by atoms with Gasteiger partial charge in [0, 0.05) is 36.0 Å². The van der Waals surface area contributed by atoms with E-state index in [-0.39, 0.29) is 34.0 Å². The Morgan fingerprint density at radius 2 is 1.94 bits per heavy atom. The van der Waals surface area contributed by atoms with E-state index in [1.807, 2.05) is 0 Å². The first-order valence-corrected chi connectivity index (χ1v) is 10.2. The monoisotopic (exact) mass is 488 g/mol. The third-order valence-corrected chi connectivity index (χ3v) is 5.89. The van der Waals surface area contributed by atoms with Crippen molar-refractivity contribution in [1.29, 1.82) is 0 Å². The summed E-state index contributed by atoms with van der Waals surface area (Å²) >= 11 is 0. The number of aromatic nitrogens is 4. The van der Waals surface area contributed by atoms with Crippen LogP contribution in [-0.2, 0) is 10.4 Å². The lowest BCUT2D eigenvalue weighted by atomic mass is 9.94. The summed E-state index contributed by atoms with van der Waals surface area (Å²) in [4.78, 5) is 25.3. The summed E-state index contributed by atoms with van der Waals surface area (Å²) < 4.78 is 63.1. The Labute approximate surface area is 194 Å². The molecule has 0 unspecified atom stereocenters. The number of amides is 1. The normalized spacial score (nSPS) is 19.6. The van der Waals surface area contributed by atoms with Crippen LogP contribution >= 0.6 is 0 Å². The Bertz CT molecular complexity index is 1520. The second-order valence-electron chi connectivity index (χ2n) is 8.20. The molecule has 1 aliphatic rings. The van der Waals surface area contributed by atoms with Gasteiger partial charge < -0.3 is 20.3 Å². The Morgan fingerprint density at radius 1 is 1.20 bits per heavy atom. The van der Waals surface area contributed by atoms with Crippen LogP contribution in [0.25, 0.3) is 33.5 Å². The van der Waals surface area contributed by atoms with Crippen molar-refractivity contribution in [3.63, 3.8) is 0 Å². The van der Waals surface area contributed by atoms with Crippen molar-refractivity contribution in [2.24, 2.45) is 0 Å². The summed E-state index contributed by atoms with van der Waals surface area (Å²) in [6, 6.07) is 4.39. The van der Waals surface area contributed by atoms with Gasteiger partial charge in [0.15, 0.2) is 23.2 Å². The molecule has 35 heavy (non-hydrogen) atoms. The van der Waals surface area contributed by atoms with Gasteiger partial charge in [-0.2, -0.15) is 0 Å². The van der Waals surface area contributed by atoms with Crippen LogP contribution in [0.15, 0.2) is 35.0 Å². The largest absolute Gasteiger partial charge is 0.382 e. The molecule has 9 nitrogen and oxygen atoms in total. The molecule has 3 aromatic heterocycles. The van der Waals surface area contributed by atoms with E-state index in [0.717, 1.165) is 25.2 Å². The van der Waals surface area contributed by atoms with Gasteiger partial charge in [0.2, 0.25) is 0 Å². The van der Waals surface area contributed by atoms with E-state index in [2.05, 4.69) is 20.1 Å². The van der Waals surface area contributed by atoms with Crippen LogP contribution in [0.2, 0.25) is 0 Å². The quantitative estimate of drug-likeness (QED) is 0.421. The SMILES string of the molecule is Cc1nc(-c2cc(-c3cc([C@@]4(O)C(=O)N(C)CC4(F)F)on3)cc(F)c2F)nc2c(N)nccc12. The first kappa shape index (κ1) is 22.7. The first-order chi connectivity index (χ1) is 16.4. The number of rotatable bonds is 3. The molecule has 0 aliphatic carbocycles. The summed E-state index contributed by atoms with van der Waals surface area (Å²) in [7, 11) is 1.10. The molecule has 4 heterocycles. The van der Waals surface area contributed by atoms with E-state index in [9.17, 15) is 27.5 Å². The maximum Gasteiger partial charge on any atom is 0.309 e. The van der Waals surface area contributed by atoms with Crippen LogP contribution in [0.3, 0.4) is 0 Å². The van der Waals surface area contributed by atoms with Crippen LogP contribution in [0.5, 0.6) is 0 Å². The summed E-state index contributed by atoms with van der Waals surface area (Å²) in [5.74, 6) is -8.71. The third-order valence-electron chi connectivity index (χ3n) is 5.89. The van der Waals surface area contributed by atoms with Gasteiger partial charge in [-0.15, -0.1) is 0 Å². The number of nitrogens with zero attached hydrogens (tertiary/aromatic N) is 5. The molecule has 3 N–H and O–H groups in total. The Kier molecular flexibility index (Phi) is 4.81. The Morgan fingerprint density at radius 3 is 2.63 bits per heavy atom. The molecule has 1 amide bonds. The lowest BCUT2D eigenvalue weighted by molar-refractivity contribution is -0.179. The second-order valence-corrected chi connectivity index (χ2v) is 8.20. The predicted octanol–water partition coefficient (Wildman–Crippen LogP) is 2.81. The van der Waals surface area contributed by atoms with Crippen molar-refractivity contribution in [1.82, 2.24) is 25.0 Å². The van der Waals surface area contributed by atoms with Crippen LogP contribution < -0.4 is 5.73 Å². The fourth-order valence-electron chi connectivity index (χ4n) is 4.03. The molecule has 1 aromatic carbocycles. The average molecular weight is 488 g/mol. The highest BCUT2D eigenvalue weighted by Gasteiger charge is 2.68. The van der Waals surface area contributed by atoms with Gasteiger partial charge in [-0.1, -0.05) is 5.16 Å². The minimum absolute atomic E-state index is 0.0628. The van der Waals surface area contributed by atoms with Crippen molar-refractivity contribution in [2.75, 3.05) is 19.3 Å². The number of nitrogen functional groups attached to an aromatic ring is 1. The molecule has 0 bridgehead atoms. The van der Waals surface area contributed by atoms with E-state index < -0.39 is 41.4 Å². The highest BCUT2D eigenvalue weighted by Crippen LogP contribution is 2.45. The van der Waals surface area contributed by atoms with Gasteiger partial charge in [-0.25, -0.2) is 32.5 Å². The van der Waals surface area contributed by atoms with E-state index in [1.165, 1.54) is 6.20 Å². The predicted molar refractivity (Wildman–Crippen MR) is 114 cm³/mol. The molecular weight excluding hydrogens is 472 g/mol. The zero-order valence-corrected chi connectivity index (χ0v) is 18.2. The van der Waals surface area contributed by atoms with Crippen molar-refractivity contribution >= 4 is 22.6 Å². The van der Waals surface area contributed by atoms with Crippen LogP contribution in [-0.4, -0.2) is 55.5 Å². The number of anilines is 1. The van der Waals surface area contributed by atoms with Crippen LogP contribution in [0.4, 0.5) is 23.4 Å². The molecule has 13 heteroatoms. The number of nitrogens with two attached hydrogens (primary N) is 1. The number of carbonyl (C=O) groups excluding carboxylic acids is 1. The molecule has 1 saturated heterocycles. The van der Waals surface area contributed by atoms with E-state index in [0.29, 0.717) is 16.0 Å². The van der Waals surface area contributed by atoms with Gasteiger partial charge in [0.05, 0.1) is 12.1 Å². The zero-order chi connectivity index (χ0) is 25.3. The van der Waals surface area contributed by atoms with Crippen LogP contribution in [0, 0.1) is 18.6 Å². The molecule has 180 valence electrons. The molecule has 5 rings (SSSR count). The van der Waals surface area contributed by atoms with Gasteiger partial charge in [-0.3, -0.25) is 4.79 Å². The van der Waals surface area contributed by atoms with Crippen molar-refractivity contribution in [3.05, 3.63) is 53.6 Å². The third kappa shape index (κ3) is 3.22. The molecule has 0 saturated carbocycles. The van der Waals surface area contributed by atoms with Crippen LogP contribution in [0.1, 0.15) is 11.5 Å². The molecular formula is C22H16F4N6O3. The summed E-state index contributed by atoms with van der Waals surface area (Å²) in [6.45, 7) is 0.593. The number of pyridine rings is 1. The van der Waals surface area contributed by atoms with Crippen molar-refractivity contribution < 1.29 is 32.0 Å². The molecule has 0 spiro atoms. The number of hydrogen-bond donors (Lipinski definition) is 2. The highest BCUT2D eigenvalue weighted by atomic mass is 19.3. The number of carbonyl (C=O) groups is 1. The maximum absolute atomic E-state index is 14.8. The molecule has 1 fully saturated rings. The summed E-state index contributed by atoms with van der Waals surface area (Å²) in [6.07, 6.45) is 1.46. The number of halogens is 4. The van der Waals surface area contributed by atoms with Crippen molar-refractivity contribution in [2.45, 2.75) is 18.4 Å². The van der Waals surface area contributed by atoms with E-state index >= 15 is 0 Å². The molecule has 4 aromatic rings. The summed E-state index contributed by atoms with van der Waals surface area (Å²) in [5, 5.41) is 14.7. The zero-order valence-electron chi connectivity index (χ0n) is 18.2. The highest BCUT2D eigenvalue weighted by molar-refractivity contribution is 5.91. The number of fused-ring (bicyclic) bond motifs is 1. The Balaban J connectivity index is 1.63. The maximum atomic E-state index is 14.8. The fourth-order valence-corrected chi connectivity index (χ4v) is 4.03. The molecule has 0 radical (unpaired) electrons. The minimum atomic E-state index is -3.88. The smallest absolute Gasteiger partial charge is 0.309 e. The average Bonchev–Trinajstić information content (AvgIpc) is 3.35. The molecule has 1 aliphatic heterocycles. The first-order valence-electron chi connectivity index (χ1n) is 10.2. The van der Waals surface area contributed by atoms with Crippen molar-refractivity contribution in [3.8, 4) is 22.6 Å². The van der Waals surface area contributed by atoms with E-state index in [1.54, 1.807) is 13.0 Å². The summed E-state index contributed by atoms with van der Waals surface area (Å²) in [5.41, 5.74) is 2.55. The number of hydrogen-bond acceptors (Lipinski definition) is 8. The number of benzene rings is 1. The number of aryl methyl sites for hydroxylation is 1. The standard InChI is InChI=1S/C22H16F4N6O3/c1-9-11-3-4-28-18(27)17(11)30-19(29-9)12-5-10(6-13(23)16(12)24)14-7-15(35-31-14)22(34)20(33)32(2)8-21(22,25)26/h3-7,34H,8H2,1-2H3,(H2,27,28)/t22-/m1/s1. The van der Waals surface area contributed by atoms with Gasteiger partial charge in [0.1, 0.15) is 17.0 Å². The fraction of sp³-hybridized carbons (Fsp3) is 0.227. The van der Waals surface area contributed by atoms with Gasteiger partial charge >= 0.3 is 5.92 Å². The number of likely N-dealkylation sites (N-methyl/N-ethyl adjacent to an activating group) is 1. The lowest BCUT2D eigenvalue weighted by Crippen LogP contribution is -2.46. The number of aliphatic hydroxyl groups is 1. The lowest BCUT2D eigenvalue weighted by Gasteiger charge is -2.22. The number of likely N-dealkylation sites (tertiary alicyclic amines) is 1. The van der Waals surface area contributed by atoms with E-state index in [4.69, 9.17) is 10.3 Å². The second kappa shape index (κ2) is 7.43. The Hall–Kier alpha value is -4.13. The topological polar surface area (TPSA) is 131 Å².